The summed E-state index contributed by atoms with van der Waals surface area (Å²) in [5.41, 5.74) is 5.81. The van der Waals surface area contributed by atoms with Crippen molar-refractivity contribution in [1.29, 1.82) is 0 Å². The molecule has 1 fully saturated rings. The molecule has 2 N–H and O–H groups in total. The topological polar surface area (TPSA) is 55.6 Å². The minimum atomic E-state index is -0.291. The highest BCUT2D eigenvalue weighted by Gasteiger charge is 2.26. The summed E-state index contributed by atoms with van der Waals surface area (Å²) in [4.78, 5) is 13.7. The van der Waals surface area contributed by atoms with Gasteiger partial charge in [0.25, 0.3) is 5.91 Å². The predicted molar refractivity (Wildman–Crippen MR) is 62.1 cm³/mol. The SMILES string of the molecule is CCC(OC)C(=O)N1CCCC(N)C1.Cl. The molecule has 1 saturated heterocycles. The van der Waals surface area contributed by atoms with Crippen LogP contribution in [-0.2, 0) is 9.53 Å². The third-order valence-corrected chi connectivity index (χ3v) is 2.70. The molecule has 0 radical (unpaired) electrons. The van der Waals surface area contributed by atoms with Gasteiger partial charge in [-0.15, -0.1) is 12.4 Å². The number of hydrogen-bond donors (Lipinski definition) is 1. The number of nitrogens with zero attached hydrogens (tertiary/aromatic N) is 1. The van der Waals surface area contributed by atoms with E-state index in [9.17, 15) is 4.79 Å². The van der Waals surface area contributed by atoms with Gasteiger partial charge < -0.3 is 15.4 Å². The molecule has 1 rings (SSSR count). The Morgan fingerprint density at radius 1 is 1.67 bits per heavy atom. The minimum Gasteiger partial charge on any atom is -0.372 e. The Bertz CT molecular complexity index is 198. The van der Waals surface area contributed by atoms with Crippen molar-refractivity contribution in [2.75, 3.05) is 20.2 Å². The van der Waals surface area contributed by atoms with Crippen molar-refractivity contribution in [3.63, 3.8) is 0 Å². The van der Waals surface area contributed by atoms with Crippen molar-refractivity contribution in [2.45, 2.75) is 38.3 Å². The highest BCUT2D eigenvalue weighted by Crippen LogP contribution is 2.11. The number of halogens is 1. The van der Waals surface area contributed by atoms with Gasteiger partial charge in [-0.05, 0) is 19.3 Å². The number of piperidine rings is 1. The van der Waals surface area contributed by atoms with E-state index >= 15 is 0 Å². The quantitative estimate of drug-likeness (QED) is 0.788. The van der Waals surface area contributed by atoms with Crippen LogP contribution in [0.4, 0.5) is 0 Å². The van der Waals surface area contributed by atoms with Gasteiger partial charge in [0.2, 0.25) is 0 Å². The second-order valence-corrected chi connectivity index (χ2v) is 3.82. The van der Waals surface area contributed by atoms with Crippen LogP contribution in [-0.4, -0.2) is 43.2 Å². The molecule has 2 unspecified atom stereocenters. The first-order valence-corrected chi connectivity index (χ1v) is 5.26. The second-order valence-electron chi connectivity index (χ2n) is 3.82. The van der Waals surface area contributed by atoms with Gasteiger partial charge in [0.05, 0.1) is 0 Å². The van der Waals surface area contributed by atoms with E-state index in [1.54, 1.807) is 7.11 Å². The van der Waals surface area contributed by atoms with E-state index in [0.29, 0.717) is 6.54 Å². The fraction of sp³-hybridized carbons (Fsp3) is 0.900. The van der Waals surface area contributed by atoms with Crippen LogP contribution in [0.3, 0.4) is 0 Å². The van der Waals surface area contributed by atoms with Crippen LogP contribution >= 0.6 is 12.4 Å². The van der Waals surface area contributed by atoms with Crippen molar-refractivity contribution >= 4 is 18.3 Å². The molecule has 0 aromatic rings. The van der Waals surface area contributed by atoms with E-state index in [1.165, 1.54) is 0 Å². The van der Waals surface area contributed by atoms with E-state index in [4.69, 9.17) is 10.5 Å². The summed E-state index contributed by atoms with van der Waals surface area (Å²) in [6.45, 7) is 3.46. The van der Waals surface area contributed by atoms with Gasteiger partial charge in [0.15, 0.2) is 0 Å². The van der Waals surface area contributed by atoms with Crippen LogP contribution in [0.15, 0.2) is 0 Å². The lowest BCUT2D eigenvalue weighted by molar-refractivity contribution is -0.143. The maximum atomic E-state index is 11.9. The smallest absolute Gasteiger partial charge is 0.251 e. The van der Waals surface area contributed by atoms with Gasteiger partial charge in [0.1, 0.15) is 6.10 Å². The molecule has 2 atom stereocenters. The first-order chi connectivity index (χ1) is 6.69. The molecule has 90 valence electrons. The summed E-state index contributed by atoms with van der Waals surface area (Å²) in [5.74, 6) is 0.0881. The van der Waals surface area contributed by atoms with Crippen LogP contribution in [0.2, 0.25) is 0 Å². The summed E-state index contributed by atoms with van der Waals surface area (Å²) < 4.78 is 5.12. The summed E-state index contributed by atoms with van der Waals surface area (Å²) in [6.07, 6.45) is 2.46. The molecule has 0 aromatic carbocycles. The highest BCUT2D eigenvalue weighted by atomic mass is 35.5. The number of ether oxygens (including phenoxy) is 1. The number of hydrogen-bond acceptors (Lipinski definition) is 3. The average Bonchev–Trinajstić information content (AvgIpc) is 2.19. The Hall–Kier alpha value is -0.320. The largest absolute Gasteiger partial charge is 0.372 e. The third kappa shape index (κ3) is 3.97. The van der Waals surface area contributed by atoms with Crippen LogP contribution in [0.1, 0.15) is 26.2 Å². The van der Waals surface area contributed by atoms with Crippen LogP contribution < -0.4 is 5.73 Å². The molecular weight excluding hydrogens is 216 g/mol. The lowest BCUT2D eigenvalue weighted by Crippen LogP contribution is -2.49. The fourth-order valence-electron chi connectivity index (χ4n) is 1.86. The Morgan fingerprint density at radius 3 is 2.80 bits per heavy atom. The average molecular weight is 237 g/mol. The Balaban J connectivity index is 0.00000196. The molecule has 1 amide bonds. The van der Waals surface area contributed by atoms with Crippen molar-refractivity contribution < 1.29 is 9.53 Å². The maximum Gasteiger partial charge on any atom is 0.251 e. The van der Waals surface area contributed by atoms with E-state index in [-0.39, 0.29) is 30.5 Å². The molecule has 0 saturated carbocycles. The van der Waals surface area contributed by atoms with Gasteiger partial charge in [-0.3, -0.25) is 4.79 Å². The lowest BCUT2D eigenvalue weighted by Gasteiger charge is -2.32. The van der Waals surface area contributed by atoms with Gasteiger partial charge in [0, 0.05) is 26.2 Å². The van der Waals surface area contributed by atoms with Gasteiger partial charge in [-0.1, -0.05) is 6.92 Å². The van der Waals surface area contributed by atoms with Gasteiger partial charge >= 0.3 is 0 Å². The van der Waals surface area contributed by atoms with E-state index in [2.05, 4.69) is 0 Å². The summed E-state index contributed by atoms with van der Waals surface area (Å²) in [5, 5.41) is 0. The van der Waals surface area contributed by atoms with Crippen molar-refractivity contribution in [1.82, 2.24) is 4.90 Å². The van der Waals surface area contributed by atoms with Crippen molar-refractivity contribution in [3.05, 3.63) is 0 Å². The number of rotatable bonds is 3. The van der Waals surface area contributed by atoms with E-state index in [1.807, 2.05) is 11.8 Å². The van der Waals surface area contributed by atoms with E-state index < -0.39 is 0 Å². The number of carbonyl (C=O) groups is 1. The normalized spacial score (nSPS) is 23.1. The van der Waals surface area contributed by atoms with Gasteiger partial charge in [-0.25, -0.2) is 0 Å². The molecule has 0 aliphatic carbocycles. The molecule has 0 spiro atoms. The molecule has 0 bridgehead atoms. The predicted octanol–water partition coefficient (Wildman–Crippen LogP) is 0.783. The van der Waals surface area contributed by atoms with Gasteiger partial charge in [-0.2, -0.15) is 0 Å². The molecule has 1 aliphatic rings. The summed E-state index contributed by atoms with van der Waals surface area (Å²) >= 11 is 0. The molecule has 1 aliphatic heterocycles. The standard InChI is InChI=1S/C10H20N2O2.ClH/c1-3-9(14-2)10(13)12-6-4-5-8(11)7-12;/h8-9H,3-7,11H2,1-2H3;1H. The molecule has 1 heterocycles. The third-order valence-electron chi connectivity index (χ3n) is 2.70. The lowest BCUT2D eigenvalue weighted by atomic mass is 10.1. The summed E-state index contributed by atoms with van der Waals surface area (Å²) in [7, 11) is 1.58. The molecule has 5 heteroatoms. The van der Waals surface area contributed by atoms with Crippen molar-refractivity contribution in [2.24, 2.45) is 5.73 Å². The zero-order chi connectivity index (χ0) is 10.6. The minimum absolute atomic E-state index is 0. The Labute approximate surface area is 97.5 Å². The van der Waals surface area contributed by atoms with Crippen LogP contribution in [0.25, 0.3) is 0 Å². The molecular formula is C10H21ClN2O2. The molecule has 4 nitrogen and oxygen atoms in total. The van der Waals surface area contributed by atoms with Crippen LogP contribution in [0.5, 0.6) is 0 Å². The number of likely N-dealkylation sites (tertiary alicyclic amines) is 1. The zero-order valence-corrected chi connectivity index (χ0v) is 10.3. The molecule has 15 heavy (non-hydrogen) atoms. The Kier molecular flexibility index (Phi) is 6.89. The highest BCUT2D eigenvalue weighted by molar-refractivity contribution is 5.85. The summed E-state index contributed by atoms with van der Waals surface area (Å²) in [6, 6.07) is 0.141. The van der Waals surface area contributed by atoms with E-state index in [0.717, 1.165) is 25.8 Å². The number of amides is 1. The zero-order valence-electron chi connectivity index (χ0n) is 9.44. The second kappa shape index (κ2) is 7.04. The first-order valence-electron chi connectivity index (χ1n) is 5.26. The van der Waals surface area contributed by atoms with Crippen molar-refractivity contribution in [3.8, 4) is 0 Å². The number of methoxy groups -OCH3 is 1. The number of carbonyl (C=O) groups excluding carboxylic acids is 1. The first kappa shape index (κ1) is 14.7. The molecule has 0 aromatic heterocycles. The maximum absolute atomic E-state index is 11.9. The number of nitrogens with two attached hydrogens (primary N) is 1. The fourth-order valence-corrected chi connectivity index (χ4v) is 1.86. The van der Waals surface area contributed by atoms with Crippen LogP contribution in [0, 0.1) is 0 Å². The monoisotopic (exact) mass is 236 g/mol. The Morgan fingerprint density at radius 2 is 2.33 bits per heavy atom.